The van der Waals surface area contributed by atoms with Crippen molar-refractivity contribution in [2.24, 2.45) is 0 Å². The van der Waals surface area contributed by atoms with Crippen LogP contribution in [0, 0.1) is 34.6 Å². The van der Waals surface area contributed by atoms with E-state index < -0.39 is 0 Å². The fourth-order valence-electron chi connectivity index (χ4n) is 2.41. The molecular weight excluding hydrogens is 465 g/mol. The van der Waals surface area contributed by atoms with Crippen LogP contribution in [0.3, 0.4) is 0 Å². The molecule has 1 aromatic rings. The molecule has 1 aromatic carbocycles. The molecule has 144 valence electrons. The second-order valence-electron chi connectivity index (χ2n) is 7.58. The van der Waals surface area contributed by atoms with Crippen LogP contribution in [0.1, 0.15) is 69.4 Å². The fourth-order valence-corrected chi connectivity index (χ4v) is 2.41. The fraction of sp³-hybridized carbons (Fsp3) is 0.750. The molecule has 0 unspecified atom stereocenters. The van der Waals surface area contributed by atoms with Gasteiger partial charge >= 0.3 is 0 Å². The van der Waals surface area contributed by atoms with Crippen molar-refractivity contribution >= 4 is 0 Å². The van der Waals surface area contributed by atoms with Crippen molar-refractivity contribution < 1.29 is 36.1 Å². The number of nitrogens with zero attached hydrogens (tertiary/aromatic N) is 1. The molecule has 2 N–H and O–H groups in total. The largest absolute Gasteiger partial charge is 0.653 e. The first-order valence-corrected chi connectivity index (χ1v) is 8.09. The van der Waals surface area contributed by atoms with E-state index in [2.05, 4.69) is 81.5 Å². The van der Waals surface area contributed by atoms with Crippen LogP contribution in [0.5, 0.6) is 0 Å². The number of rotatable bonds is 0. The van der Waals surface area contributed by atoms with Crippen molar-refractivity contribution in [3.63, 3.8) is 0 Å². The van der Waals surface area contributed by atoms with Crippen LogP contribution in [-0.4, -0.2) is 35.5 Å². The van der Waals surface area contributed by atoms with E-state index in [0.717, 1.165) is 14.2 Å². The third-order valence-electron chi connectivity index (χ3n) is 3.48. The molecule has 1 rings (SSSR count). The minimum absolute atomic E-state index is 0. The SMILES string of the molecule is CC(C)(C)[N-]C(C)(C)C.CO.CO.Cc1c(C)c(C)[c-](C)c1C.[Hf]. The molecule has 0 aliphatic carbocycles. The number of hydrogen-bond acceptors (Lipinski definition) is 2. The van der Waals surface area contributed by atoms with Crippen molar-refractivity contribution in [3.8, 4) is 0 Å². The molecule has 0 saturated heterocycles. The summed E-state index contributed by atoms with van der Waals surface area (Å²) >= 11 is 0. The number of hydrogen-bond donors (Lipinski definition) is 2. The van der Waals surface area contributed by atoms with E-state index in [0.29, 0.717) is 0 Å². The molecule has 0 bridgehead atoms. The number of aliphatic hydroxyl groups excluding tert-OH is 2. The van der Waals surface area contributed by atoms with E-state index in [4.69, 9.17) is 10.2 Å². The molecule has 0 heterocycles. The van der Waals surface area contributed by atoms with Gasteiger partial charge in [-0.1, -0.05) is 76.2 Å². The predicted molar refractivity (Wildman–Crippen MR) is 105 cm³/mol. The molecule has 0 atom stereocenters. The molecule has 0 spiro atoms. The van der Waals surface area contributed by atoms with Crippen molar-refractivity contribution in [1.82, 2.24) is 0 Å². The van der Waals surface area contributed by atoms with Gasteiger partial charge in [0.15, 0.2) is 0 Å². The van der Waals surface area contributed by atoms with Gasteiger partial charge in [0, 0.05) is 40.1 Å². The summed E-state index contributed by atoms with van der Waals surface area (Å²) in [5.74, 6) is 0. The van der Waals surface area contributed by atoms with Gasteiger partial charge in [-0.05, 0) is 0 Å². The second-order valence-corrected chi connectivity index (χ2v) is 7.58. The van der Waals surface area contributed by atoms with E-state index in [1.165, 1.54) is 27.8 Å². The molecule has 0 aliphatic heterocycles. The van der Waals surface area contributed by atoms with Crippen LogP contribution in [0.15, 0.2) is 0 Å². The molecule has 0 amide bonds. The molecule has 0 aliphatic rings. The normalized spacial score (nSPS) is 10.1. The van der Waals surface area contributed by atoms with Crippen molar-refractivity contribution in [2.75, 3.05) is 14.2 Å². The zero-order valence-electron chi connectivity index (χ0n) is 18.3. The Hall–Kier alpha value is 0.100. The van der Waals surface area contributed by atoms with E-state index in [1.807, 2.05) is 0 Å². The Morgan fingerprint density at radius 3 is 0.917 bits per heavy atom. The van der Waals surface area contributed by atoms with Gasteiger partial charge < -0.3 is 15.5 Å². The average Bonchev–Trinajstić information content (AvgIpc) is 2.58. The Kier molecular flexibility index (Phi) is 19.0. The van der Waals surface area contributed by atoms with Crippen molar-refractivity contribution in [1.29, 1.82) is 0 Å². The molecule has 3 nitrogen and oxygen atoms in total. The first-order chi connectivity index (χ1) is 10.3. The zero-order valence-corrected chi connectivity index (χ0v) is 21.9. The second kappa shape index (κ2) is 14.3. The van der Waals surface area contributed by atoms with Gasteiger partial charge in [-0.25, -0.2) is 0 Å². The van der Waals surface area contributed by atoms with Gasteiger partial charge in [0.25, 0.3) is 0 Å². The summed E-state index contributed by atoms with van der Waals surface area (Å²) in [6.07, 6.45) is 0. The van der Waals surface area contributed by atoms with E-state index in [-0.39, 0.29) is 36.9 Å². The third kappa shape index (κ3) is 14.4. The van der Waals surface area contributed by atoms with Gasteiger partial charge in [-0.15, -0.1) is 11.1 Å². The third-order valence-corrected chi connectivity index (χ3v) is 3.48. The van der Waals surface area contributed by atoms with Crippen molar-refractivity contribution in [3.05, 3.63) is 33.1 Å². The molecule has 0 saturated carbocycles. The quantitative estimate of drug-likeness (QED) is 0.380. The predicted octanol–water partition coefficient (Wildman–Crippen LogP) is 5.12. The Labute approximate surface area is 170 Å². The van der Waals surface area contributed by atoms with Gasteiger partial charge in [-0.3, -0.25) is 0 Å². The van der Waals surface area contributed by atoms with Gasteiger partial charge in [-0.2, -0.15) is 27.8 Å². The monoisotopic (exact) mass is 507 g/mol. The smallest absolute Gasteiger partial charge is 0.0319 e. The van der Waals surface area contributed by atoms with Crippen LogP contribution in [-0.2, 0) is 25.8 Å². The van der Waals surface area contributed by atoms with Crippen LogP contribution >= 0.6 is 0 Å². The van der Waals surface area contributed by atoms with Crippen LogP contribution < -0.4 is 0 Å². The minimum atomic E-state index is 0. The van der Waals surface area contributed by atoms with Crippen LogP contribution in [0.2, 0.25) is 0 Å². The number of aliphatic hydroxyl groups is 2. The maximum Gasteiger partial charge on any atom is 0.0319 e. The molecule has 0 fully saturated rings. The van der Waals surface area contributed by atoms with E-state index in [9.17, 15) is 0 Å². The molecule has 24 heavy (non-hydrogen) atoms. The zero-order chi connectivity index (χ0) is 19.6. The van der Waals surface area contributed by atoms with Gasteiger partial charge in [0.05, 0.1) is 0 Å². The summed E-state index contributed by atoms with van der Waals surface area (Å²) in [6, 6.07) is 0. The Morgan fingerprint density at radius 1 is 0.667 bits per heavy atom. The molecule has 0 aromatic heterocycles. The van der Waals surface area contributed by atoms with Crippen LogP contribution in [0.4, 0.5) is 0 Å². The summed E-state index contributed by atoms with van der Waals surface area (Å²) in [7, 11) is 2.00. The van der Waals surface area contributed by atoms with E-state index >= 15 is 0 Å². The summed E-state index contributed by atoms with van der Waals surface area (Å²) in [6.45, 7) is 23.7. The van der Waals surface area contributed by atoms with E-state index in [1.54, 1.807) is 0 Å². The first kappa shape index (κ1) is 31.8. The Balaban J connectivity index is -0.000000134. The van der Waals surface area contributed by atoms with Crippen molar-refractivity contribution in [2.45, 2.75) is 87.2 Å². The summed E-state index contributed by atoms with van der Waals surface area (Å²) < 4.78 is 0. The standard InChI is InChI=1S/C10H15.C8H18N.2CH4O.Hf/c1-6-7(2)9(4)10(5)8(6)3;1-7(2,3)9-8(4,5)6;2*1-2;/h1-5H3;1-6H3;2*2H,1H3;/q2*-1;;;. The topological polar surface area (TPSA) is 54.6 Å². The summed E-state index contributed by atoms with van der Waals surface area (Å²) in [5, 5.41) is 18.5. The van der Waals surface area contributed by atoms with Gasteiger partial charge in [0.2, 0.25) is 0 Å². The van der Waals surface area contributed by atoms with Crippen LogP contribution in [0.25, 0.3) is 5.32 Å². The molecular formula is C20H41HfNO2-2. The molecule has 4 heteroatoms. The molecule has 0 radical (unpaired) electrons. The summed E-state index contributed by atoms with van der Waals surface area (Å²) in [4.78, 5) is 0. The summed E-state index contributed by atoms with van der Waals surface area (Å²) in [5.41, 5.74) is 7.56. The maximum atomic E-state index is 7.00. The van der Waals surface area contributed by atoms with Gasteiger partial charge in [0.1, 0.15) is 0 Å². The first-order valence-electron chi connectivity index (χ1n) is 8.09. The average molecular weight is 506 g/mol. The Bertz CT molecular complexity index is 332. The minimum Gasteiger partial charge on any atom is -0.653 e. The Morgan fingerprint density at radius 2 is 0.875 bits per heavy atom. The maximum absolute atomic E-state index is 7.00.